The summed E-state index contributed by atoms with van der Waals surface area (Å²) < 4.78 is 0. The van der Waals surface area contributed by atoms with E-state index >= 15 is 0 Å². The molecule has 2 N–H and O–H groups in total. The fraction of sp³-hybridized carbons (Fsp3) is 0.300. The predicted molar refractivity (Wildman–Crippen MR) is 55.7 cm³/mol. The van der Waals surface area contributed by atoms with Crippen molar-refractivity contribution in [3.8, 4) is 0 Å². The van der Waals surface area contributed by atoms with Gasteiger partial charge in [-0.05, 0) is 12.1 Å². The van der Waals surface area contributed by atoms with Crippen LogP contribution in [-0.2, 0) is 0 Å². The van der Waals surface area contributed by atoms with Crippen LogP contribution in [-0.4, -0.2) is 19.1 Å². The van der Waals surface area contributed by atoms with Crippen molar-refractivity contribution in [1.82, 2.24) is 4.98 Å². The predicted octanol–water partition coefficient (Wildman–Crippen LogP) is 1.33. The molecule has 1 atom stereocenters. The molecule has 1 unspecified atom stereocenters. The molecule has 0 saturated heterocycles. The van der Waals surface area contributed by atoms with Gasteiger partial charge < -0.3 is 10.6 Å². The van der Waals surface area contributed by atoms with Gasteiger partial charge in [-0.15, -0.1) is 6.58 Å². The molecule has 1 aromatic rings. The van der Waals surface area contributed by atoms with Crippen molar-refractivity contribution in [2.45, 2.75) is 6.04 Å². The maximum Gasteiger partial charge on any atom is 0.0654 e. The molecule has 0 aliphatic rings. The van der Waals surface area contributed by atoms with Gasteiger partial charge in [0.25, 0.3) is 0 Å². The van der Waals surface area contributed by atoms with Crippen LogP contribution in [0.15, 0.2) is 31.0 Å². The summed E-state index contributed by atoms with van der Waals surface area (Å²) in [5.41, 5.74) is 7.71. The summed E-state index contributed by atoms with van der Waals surface area (Å²) in [5.74, 6) is 0. The first-order valence-corrected chi connectivity index (χ1v) is 4.16. The molecule has 0 radical (unpaired) electrons. The van der Waals surface area contributed by atoms with Gasteiger partial charge in [0.05, 0.1) is 11.7 Å². The van der Waals surface area contributed by atoms with Gasteiger partial charge in [-0.1, -0.05) is 6.08 Å². The average Bonchev–Trinajstić information content (AvgIpc) is 2.17. The van der Waals surface area contributed by atoms with Gasteiger partial charge in [-0.25, -0.2) is 0 Å². The standard InChI is InChI=1S/C10H15N3/c1-4-9(11)10-7-8(13(2)3)5-6-12-10/h4-7,9H,1,11H2,2-3H3. The summed E-state index contributed by atoms with van der Waals surface area (Å²) in [7, 11) is 3.97. The molecule has 0 fully saturated rings. The lowest BCUT2D eigenvalue weighted by Gasteiger charge is -2.14. The van der Waals surface area contributed by atoms with E-state index in [1.807, 2.05) is 31.1 Å². The average molecular weight is 177 g/mol. The minimum absolute atomic E-state index is 0.181. The molecule has 0 amide bonds. The summed E-state index contributed by atoms with van der Waals surface area (Å²) in [6, 6.07) is 3.73. The van der Waals surface area contributed by atoms with Crippen molar-refractivity contribution in [1.29, 1.82) is 0 Å². The lowest BCUT2D eigenvalue weighted by Crippen LogP contribution is -2.12. The van der Waals surface area contributed by atoms with Gasteiger partial charge in [0.1, 0.15) is 0 Å². The summed E-state index contributed by atoms with van der Waals surface area (Å²) in [4.78, 5) is 6.18. The van der Waals surface area contributed by atoms with E-state index in [0.717, 1.165) is 11.4 Å². The monoisotopic (exact) mass is 177 g/mol. The van der Waals surface area contributed by atoms with E-state index in [4.69, 9.17) is 5.73 Å². The van der Waals surface area contributed by atoms with Gasteiger partial charge in [0.15, 0.2) is 0 Å². The molecular weight excluding hydrogens is 162 g/mol. The summed E-state index contributed by atoms with van der Waals surface area (Å²) in [5, 5.41) is 0. The molecular formula is C10H15N3. The fourth-order valence-electron chi connectivity index (χ4n) is 1.02. The van der Waals surface area contributed by atoms with E-state index in [9.17, 15) is 0 Å². The molecule has 0 spiro atoms. The van der Waals surface area contributed by atoms with Crippen LogP contribution in [0.3, 0.4) is 0 Å². The Morgan fingerprint density at radius 3 is 2.85 bits per heavy atom. The molecule has 0 aliphatic heterocycles. The number of rotatable bonds is 3. The van der Waals surface area contributed by atoms with E-state index in [1.165, 1.54) is 0 Å². The zero-order chi connectivity index (χ0) is 9.84. The highest BCUT2D eigenvalue weighted by molar-refractivity contribution is 5.45. The van der Waals surface area contributed by atoms with Crippen LogP contribution in [0.2, 0.25) is 0 Å². The van der Waals surface area contributed by atoms with E-state index in [-0.39, 0.29) is 6.04 Å². The topological polar surface area (TPSA) is 42.1 Å². The van der Waals surface area contributed by atoms with Gasteiger partial charge in [0.2, 0.25) is 0 Å². The van der Waals surface area contributed by atoms with Crippen molar-refractivity contribution >= 4 is 5.69 Å². The molecule has 3 nitrogen and oxygen atoms in total. The van der Waals surface area contributed by atoms with E-state index in [0.29, 0.717) is 0 Å². The third-order valence-electron chi connectivity index (χ3n) is 1.88. The van der Waals surface area contributed by atoms with E-state index in [1.54, 1.807) is 12.3 Å². The number of nitrogens with zero attached hydrogens (tertiary/aromatic N) is 2. The first kappa shape index (κ1) is 9.74. The second-order valence-corrected chi connectivity index (χ2v) is 3.09. The zero-order valence-corrected chi connectivity index (χ0v) is 8.07. The minimum atomic E-state index is -0.181. The molecule has 0 saturated carbocycles. The van der Waals surface area contributed by atoms with E-state index in [2.05, 4.69) is 11.6 Å². The molecule has 0 bridgehead atoms. The molecule has 1 aromatic heterocycles. The maximum absolute atomic E-state index is 5.76. The first-order chi connectivity index (χ1) is 6.15. The molecule has 3 heteroatoms. The summed E-state index contributed by atoms with van der Waals surface area (Å²) >= 11 is 0. The van der Waals surface area contributed by atoms with Crippen LogP contribution in [0.1, 0.15) is 11.7 Å². The molecule has 0 aromatic carbocycles. The molecule has 0 aliphatic carbocycles. The molecule has 1 rings (SSSR count). The Hall–Kier alpha value is -1.35. The molecule has 70 valence electrons. The Morgan fingerprint density at radius 1 is 1.62 bits per heavy atom. The van der Waals surface area contributed by atoms with Crippen LogP contribution < -0.4 is 10.6 Å². The third kappa shape index (κ3) is 2.29. The number of hydrogen-bond acceptors (Lipinski definition) is 3. The number of hydrogen-bond donors (Lipinski definition) is 1. The smallest absolute Gasteiger partial charge is 0.0654 e. The first-order valence-electron chi connectivity index (χ1n) is 4.16. The Labute approximate surface area is 78.9 Å². The highest BCUT2D eigenvalue weighted by Gasteiger charge is 2.03. The van der Waals surface area contributed by atoms with Crippen molar-refractivity contribution < 1.29 is 0 Å². The molecule has 13 heavy (non-hydrogen) atoms. The Kier molecular flexibility index (Phi) is 3.03. The lowest BCUT2D eigenvalue weighted by atomic mass is 10.2. The van der Waals surface area contributed by atoms with Crippen LogP contribution in [0, 0.1) is 0 Å². The summed E-state index contributed by atoms with van der Waals surface area (Å²) in [6.07, 6.45) is 3.44. The van der Waals surface area contributed by atoms with Crippen molar-refractivity contribution in [3.63, 3.8) is 0 Å². The number of anilines is 1. The number of aromatic nitrogens is 1. The Morgan fingerprint density at radius 2 is 2.31 bits per heavy atom. The van der Waals surface area contributed by atoms with Crippen LogP contribution in [0.4, 0.5) is 5.69 Å². The number of nitrogens with two attached hydrogens (primary N) is 1. The molecule has 1 heterocycles. The van der Waals surface area contributed by atoms with Gasteiger partial charge in [-0.3, -0.25) is 4.98 Å². The largest absolute Gasteiger partial charge is 0.378 e. The third-order valence-corrected chi connectivity index (χ3v) is 1.88. The zero-order valence-electron chi connectivity index (χ0n) is 8.07. The van der Waals surface area contributed by atoms with Crippen LogP contribution in [0.5, 0.6) is 0 Å². The minimum Gasteiger partial charge on any atom is -0.378 e. The second kappa shape index (κ2) is 4.05. The highest BCUT2D eigenvalue weighted by Crippen LogP contribution is 2.15. The van der Waals surface area contributed by atoms with E-state index < -0.39 is 0 Å². The van der Waals surface area contributed by atoms with Gasteiger partial charge in [0, 0.05) is 26.0 Å². The Bertz CT molecular complexity index is 294. The van der Waals surface area contributed by atoms with Crippen molar-refractivity contribution in [3.05, 3.63) is 36.7 Å². The van der Waals surface area contributed by atoms with Crippen LogP contribution >= 0.6 is 0 Å². The van der Waals surface area contributed by atoms with Gasteiger partial charge in [-0.2, -0.15) is 0 Å². The normalized spacial score (nSPS) is 12.2. The SMILES string of the molecule is C=CC(N)c1cc(N(C)C)ccn1. The van der Waals surface area contributed by atoms with Crippen molar-refractivity contribution in [2.75, 3.05) is 19.0 Å². The van der Waals surface area contributed by atoms with Crippen molar-refractivity contribution in [2.24, 2.45) is 5.73 Å². The fourth-order valence-corrected chi connectivity index (χ4v) is 1.02. The van der Waals surface area contributed by atoms with Crippen LogP contribution in [0.25, 0.3) is 0 Å². The number of pyridine rings is 1. The lowest BCUT2D eigenvalue weighted by molar-refractivity contribution is 0.862. The van der Waals surface area contributed by atoms with Gasteiger partial charge >= 0.3 is 0 Å². The second-order valence-electron chi connectivity index (χ2n) is 3.09. The quantitative estimate of drug-likeness (QED) is 0.708. The summed E-state index contributed by atoms with van der Waals surface area (Å²) in [6.45, 7) is 3.63. The maximum atomic E-state index is 5.76. The highest BCUT2D eigenvalue weighted by atomic mass is 15.1. The Balaban J connectivity index is 2.97.